The Labute approximate surface area is 469 Å². The average molecular weight is 1030 g/mol. The van der Waals surface area contributed by atoms with Crippen molar-refractivity contribution in [2.75, 3.05) is 9.80 Å². The largest absolute Gasteiger partial charge is 0.310 e. The summed E-state index contributed by atoms with van der Waals surface area (Å²) in [6.07, 6.45) is 0. The lowest BCUT2D eigenvalue weighted by Crippen LogP contribution is -2.14. The van der Waals surface area contributed by atoms with E-state index >= 15 is 0 Å². The Hall–Kier alpha value is -7.88. The molecule has 79 heavy (non-hydrogen) atoms. The van der Waals surface area contributed by atoms with Crippen molar-refractivity contribution >= 4 is 93.8 Å². The molecule has 0 fully saturated rings. The fourth-order valence-electron chi connectivity index (χ4n) is 11.9. The van der Waals surface area contributed by atoms with Gasteiger partial charge in [0.05, 0.1) is 16.6 Å². The molecule has 12 aromatic rings. The van der Waals surface area contributed by atoms with E-state index in [4.69, 9.17) is 0 Å². The SMILES string of the molecule is CC(C)(C)c1ccc(-c2cc3c4cc5ccc(N(c6ccc(C(C)(C)C)cc6)c6ccc(C(C)(C)C)cc6)cc5cc4n4c5cc6cc(N(c7ccc(C(C)(C)C)cc7)c7ccc(C(C)(C)C)cc7)ccc6cc5c(c2)c34)cc1. The Balaban J connectivity index is 1.07. The van der Waals surface area contributed by atoms with Crippen molar-refractivity contribution in [1.29, 1.82) is 0 Å². The molecule has 0 bridgehead atoms. The quantitative estimate of drug-likeness (QED) is 0.158. The molecule has 396 valence electrons. The Morgan fingerprint density at radius 1 is 0.241 bits per heavy atom. The molecule has 3 nitrogen and oxygen atoms in total. The zero-order valence-electron chi connectivity index (χ0n) is 49.3. The highest BCUT2D eigenvalue weighted by Gasteiger charge is 2.25. The molecule has 0 aliphatic heterocycles. The van der Waals surface area contributed by atoms with Gasteiger partial charge in [0.1, 0.15) is 0 Å². The number of benzene rings is 10. The molecule has 0 aliphatic carbocycles. The monoisotopic (exact) mass is 1030 g/mol. The van der Waals surface area contributed by atoms with E-state index in [0.29, 0.717) is 0 Å². The van der Waals surface area contributed by atoms with Gasteiger partial charge in [-0.15, -0.1) is 0 Å². The molecule has 0 saturated heterocycles. The second-order valence-electron chi connectivity index (χ2n) is 27.7. The van der Waals surface area contributed by atoms with E-state index in [1.165, 1.54) is 98.6 Å². The van der Waals surface area contributed by atoms with Crippen LogP contribution in [0.3, 0.4) is 0 Å². The summed E-state index contributed by atoms with van der Waals surface area (Å²) in [7, 11) is 0. The van der Waals surface area contributed by atoms with Gasteiger partial charge in [-0.25, -0.2) is 0 Å². The van der Waals surface area contributed by atoms with Gasteiger partial charge in [0.25, 0.3) is 0 Å². The molecule has 0 aliphatic rings. The van der Waals surface area contributed by atoms with Gasteiger partial charge in [-0.3, -0.25) is 0 Å². The third-order valence-corrected chi connectivity index (χ3v) is 16.8. The summed E-state index contributed by atoms with van der Waals surface area (Å²) in [5.41, 5.74) is 19.9. The first kappa shape index (κ1) is 51.9. The molecule has 0 atom stereocenters. The minimum absolute atomic E-state index is 0.0527. The van der Waals surface area contributed by atoms with Crippen molar-refractivity contribution in [3.05, 3.63) is 222 Å². The van der Waals surface area contributed by atoms with Crippen LogP contribution in [0.25, 0.3) is 70.8 Å². The molecular formula is C76H77N3. The molecular weight excluding hydrogens is 955 g/mol. The van der Waals surface area contributed by atoms with Crippen molar-refractivity contribution < 1.29 is 0 Å². The van der Waals surface area contributed by atoms with Crippen LogP contribution in [-0.4, -0.2) is 4.40 Å². The Kier molecular flexibility index (Phi) is 12.0. The van der Waals surface area contributed by atoms with Crippen LogP contribution in [-0.2, 0) is 27.1 Å². The summed E-state index contributed by atoms with van der Waals surface area (Å²) in [5, 5.41) is 9.92. The first-order valence-electron chi connectivity index (χ1n) is 28.6. The first-order chi connectivity index (χ1) is 37.3. The predicted molar refractivity (Wildman–Crippen MR) is 344 cm³/mol. The number of aromatic nitrogens is 1. The molecule has 2 heterocycles. The van der Waals surface area contributed by atoms with Gasteiger partial charge >= 0.3 is 0 Å². The molecule has 0 unspecified atom stereocenters. The third kappa shape index (κ3) is 9.39. The van der Waals surface area contributed by atoms with Gasteiger partial charge < -0.3 is 14.2 Å². The number of nitrogens with zero attached hydrogens (tertiary/aromatic N) is 3. The summed E-state index contributed by atoms with van der Waals surface area (Å²) in [6.45, 7) is 34.3. The minimum atomic E-state index is 0.0527. The zero-order chi connectivity index (χ0) is 55.7. The smallest absolute Gasteiger partial charge is 0.0620 e. The summed E-state index contributed by atoms with van der Waals surface area (Å²) in [6, 6.07) is 74.8. The molecule has 0 saturated carbocycles. The highest BCUT2D eigenvalue weighted by Crippen LogP contribution is 2.47. The molecule has 0 spiro atoms. The van der Waals surface area contributed by atoms with E-state index in [9.17, 15) is 0 Å². The summed E-state index contributed by atoms with van der Waals surface area (Å²) < 4.78 is 2.57. The second kappa shape index (κ2) is 18.3. The predicted octanol–water partition coefficient (Wildman–Crippen LogP) is 22.2. The van der Waals surface area contributed by atoms with Crippen LogP contribution in [0.1, 0.15) is 132 Å². The number of rotatable bonds is 7. The van der Waals surface area contributed by atoms with Crippen LogP contribution in [0.2, 0.25) is 0 Å². The van der Waals surface area contributed by atoms with E-state index in [1.54, 1.807) is 0 Å². The summed E-state index contributed by atoms with van der Waals surface area (Å²) in [4.78, 5) is 4.84. The van der Waals surface area contributed by atoms with Crippen LogP contribution in [0.15, 0.2) is 194 Å². The normalized spacial score (nSPS) is 13.0. The van der Waals surface area contributed by atoms with Gasteiger partial charge in [0.2, 0.25) is 0 Å². The van der Waals surface area contributed by atoms with Crippen molar-refractivity contribution in [3.63, 3.8) is 0 Å². The maximum atomic E-state index is 2.57. The van der Waals surface area contributed by atoms with Crippen molar-refractivity contribution in [3.8, 4) is 11.1 Å². The van der Waals surface area contributed by atoms with Crippen molar-refractivity contribution in [2.24, 2.45) is 0 Å². The second-order valence-corrected chi connectivity index (χ2v) is 27.7. The third-order valence-electron chi connectivity index (χ3n) is 16.8. The van der Waals surface area contributed by atoms with E-state index in [0.717, 1.165) is 34.1 Å². The van der Waals surface area contributed by atoms with E-state index in [-0.39, 0.29) is 27.1 Å². The molecule has 10 aromatic carbocycles. The number of hydrogen-bond donors (Lipinski definition) is 0. The van der Waals surface area contributed by atoms with Crippen LogP contribution in [0.4, 0.5) is 34.1 Å². The lowest BCUT2D eigenvalue weighted by Gasteiger charge is -2.28. The van der Waals surface area contributed by atoms with Crippen LogP contribution in [0.5, 0.6) is 0 Å². The highest BCUT2D eigenvalue weighted by atomic mass is 15.1. The highest BCUT2D eigenvalue weighted by molar-refractivity contribution is 6.27. The maximum absolute atomic E-state index is 2.57. The molecule has 3 heteroatoms. The van der Waals surface area contributed by atoms with E-state index in [2.05, 4.69) is 312 Å². The van der Waals surface area contributed by atoms with E-state index < -0.39 is 0 Å². The number of hydrogen-bond acceptors (Lipinski definition) is 2. The first-order valence-corrected chi connectivity index (χ1v) is 28.6. The fraction of sp³-hybridized carbons (Fsp3) is 0.263. The lowest BCUT2D eigenvalue weighted by atomic mass is 9.86. The van der Waals surface area contributed by atoms with E-state index in [1.807, 2.05) is 0 Å². The standard InChI is InChI=1S/C76H77N3/c1-72(2,3)54-20-16-48(17-21-54)53-44-67-65-42-49-18-30-63(77(59-32-22-55(23-33-59)73(4,5)6)60-34-24-56(25-35-60)74(7,8)9)40-51(49)46-69(65)79-70-47-52-41-64(31-19-50(52)43-66(70)68(45-53)71(67)79)78(61-36-26-57(27-37-61)75(10,11)12)62-38-28-58(29-39-62)76(13,14)15/h16-47H,1-15H3. The fourth-order valence-corrected chi connectivity index (χ4v) is 11.9. The molecule has 0 amide bonds. The molecule has 0 radical (unpaired) electrons. The van der Waals surface area contributed by atoms with Crippen LogP contribution in [0, 0.1) is 0 Å². The van der Waals surface area contributed by atoms with Gasteiger partial charge in [0.15, 0.2) is 0 Å². The molecule has 2 aromatic heterocycles. The topological polar surface area (TPSA) is 10.9 Å². The Morgan fingerprint density at radius 3 is 0.810 bits per heavy atom. The molecule has 12 rings (SSSR count). The van der Waals surface area contributed by atoms with Gasteiger partial charge in [-0.05, 0) is 197 Å². The average Bonchev–Trinajstić information content (AvgIpc) is 3.34. The number of anilines is 6. The minimum Gasteiger partial charge on any atom is -0.310 e. The Morgan fingerprint density at radius 2 is 0.519 bits per heavy atom. The lowest BCUT2D eigenvalue weighted by molar-refractivity contribution is 0.590. The number of fused-ring (bicyclic) bond motifs is 8. The molecule has 0 N–H and O–H groups in total. The van der Waals surface area contributed by atoms with Crippen molar-refractivity contribution in [1.82, 2.24) is 4.40 Å². The van der Waals surface area contributed by atoms with Gasteiger partial charge in [0, 0.05) is 55.7 Å². The van der Waals surface area contributed by atoms with Gasteiger partial charge in [-0.1, -0.05) is 189 Å². The van der Waals surface area contributed by atoms with Crippen LogP contribution >= 0.6 is 0 Å². The van der Waals surface area contributed by atoms with Crippen molar-refractivity contribution in [2.45, 2.75) is 131 Å². The summed E-state index contributed by atoms with van der Waals surface area (Å²) >= 11 is 0. The van der Waals surface area contributed by atoms with Gasteiger partial charge in [-0.2, -0.15) is 0 Å². The van der Waals surface area contributed by atoms with Crippen LogP contribution < -0.4 is 9.80 Å². The summed E-state index contributed by atoms with van der Waals surface area (Å²) in [5.74, 6) is 0. The Bertz CT molecular complexity index is 3890. The maximum Gasteiger partial charge on any atom is 0.0620 e. The zero-order valence-corrected chi connectivity index (χ0v) is 49.3.